The van der Waals surface area contributed by atoms with Gasteiger partial charge in [0, 0.05) is 5.56 Å². The van der Waals surface area contributed by atoms with Crippen molar-refractivity contribution in [3.8, 4) is 16.9 Å². The zero-order valence-electron chi connectivity index (χ0n) is 15.8. The number of carbonyl (C=O) groups is 2. The quantitative estimate of drug-likeness (QED) is 0.506. The van der Waals surface area contributed by atoms with Crippen molar-refractivity contribution < 1.29 is 31.9 Å². The molecule has 0 unspecified atom stereocenters. The second kappa shape index (κ2) is 9.17. The number of rotatable bonds is 7. The number of benzene rings is 2. The molecule has 0 radical (unpaired) electrons. The molecule has 0 aliphatic heterocycles. The summed E-state index contributed by atoms with van der Waals surface area (Å²) in [6.07, 6.45) is -4.97. The van der Waals surface area contributed by atoms with Crippen molar-refractivity contribution in [1.29, 1.82) is 0 Å². The van der Waals surface area contributed by atoms with Crippen molar-refractivity contribution in [1.82, 2.24) is 5.32 Å². The first-order chi connectivity index (χ1) is 14.6. The van der Waals surface area contributed by atoms with E-state index in [4.69, 9.17) is 5.73 Å². The number of carbonyl (C=O) groups excluding carboxylic acids is 2. The molecule has 0 saturated heterocycles. The lowest BCUT2D eigenvalue weighted by Gasteiger charge is -2.17. The molecular weight excluding hydrogens is 436 g/mol. The summed E-state index contributed by atoms with van der Waals surface area (Å²) in [5.74, 6) is -1.67. The van der Waals surface area contributed by atoms with Crippen LogP contribution in [0.25, 0.3) is 11.1 Å². The maximum absolute atomic E-state index is 14.5. The summed E-state index contributed by atoms with van der Waals surface area (Å²) < 4.78 is 55.1. The van der Waals surface area contributed by atoms with E-state index in [1.165, 1.54) is 18.2 Å². The Morgan fingerprint density at radius 2 is 1.71 bits per heavy atom. The van der Waals surface area contributed by atoms with Gasteiger partial charge in [-0.25, -0.2) is 0 Å². The predicted octanol–water partition coefficient (Wildman–Crippen LogP) is 4.80. The minimum Gasteiger partial charge on any atom is -0.406 e. The van der Waals surface area contributed by atoms with Crippen molar-refractivity contribution >= 4 is 23.2 Å². The van der Waals surface area contributed by atoms with E-state index in [0.717, 1.165) is 12.1 Å². The second-order valence-corrected chi connectivity index (χ2v) is 7.48. The number of hydrogen-bond acceptors (Lipinski definition) is 4. The highest BCUT2D eigenvalue weighted by molar-refractivity contribution is 7.12. The maximum Gasteiger partial charge on any atom is 0.573 e. The molecule has 31 heavy (non-hydrogen) atoms. The van der Waals surface area contributed by atoms with Gasteiger partial charge in [-0.2, -0.15) is 4.39 Å². The van der Waals surface area contributed by atoms with Crippen LogP contribution in [0.5, 0.6) is 5.75 Å². The fraction of sp³-hybridized carbons (Fsp3) is 0.143. The van der Waals surface area contributed by atoms with E-state index in [-0.39, 0.29) is 22.4 Å². The van der Waals surface area contributed by atoms with Crippen LogP contribution in [0.3, 0.4) is 0 Å². The van der Waals surface area contributed by atoms with Gasteiger partial charge in [-0.1, -0.05) is 42.5 Å². The summed E-state index contributed by atoms with van der Waals surface area (Å²) in [5, 5.41) is 1.99. The first-order valence-corrected chi connectivity index (χ1v) is 9.73. The minimum absolute atomic E-state index is 0.0357. The van der Waals surface area contributed by atoms with Crippen LogP contribution in [0.2, 0.25) is 0 Å². The number of nitrogens with one attached hydrogen (secondary N) is 1. The summed E-state index contributed by atoms with van der Waals surface area (Å²) in [5.41, 5.74) is 6.26. The molecular formula is C21H16F4N2O3S. The summed E-state index contributed by atoms with van der Waals surface area (Å²) in [7, 11) is 0. The van der Waals surface area contributed by atoms with Gasteiger partial charge >= 0.3 is 6.36 Å². The molecule has 2 amide bonds. The van der Waals surface area contributed by atoms with Crippen LogP contribution in [0.15, 0.2) is 60.7 Å². The smallest absolute Gasteiger partial charge is 0.406 e. The Kier molecular flexibility index (Phi) is 6.59. The molecule has 0 fully saturated rings. The molecule has 162 valence electrons. The molecule has 1 aromatic heterocycles. The van der Waals surface area contributed by atoms with Gasteiger partial charge in [0.15, 0.2) is 5.13 Å². The standard InChI is InChI=1S/C21H16F4N2O3S/c22-19-15(12-6-8-14(9-7-12)30-21(23,24)25)10-17(31-19)20(29)27-16(11-18(26)28)13-4-2-1-3-5-13/h1-10,16H,11H2,(H2,26,28)(H,27,29)/t16-/m1/s1. The Labute approximate surface area is 178 Å². The van der Waals surface area contributed by atoms with Crippen molar-refractivity contribution in [2.45, 2.75) is 18.8 Å². The average Bonchev–Trinajstić information content (AvgIpc) is 3.09. The van der Waals surface area contributed by atoms with Gasteiger partial charge in [0.05, 0.1) is 17.3 Å². The molecule has 5 nitrogen and oxygen atoms in total. The van der Waals surface area contributed by atoms with Gasteiger partial charge in [0.2, 0.25) is 5.91 Å². The second-order valence-electron chi connectivity index (χ2n) is 6.48. The third-order valence-corrected chi connectivity index (χ3v) is 5.14. The fourth-order valence-corrected chi connectivity index (χ4v) is 3.69. The highest BCUT2D eigenvalue weighted by Gasteiger charge is 2.31. The normalized spacial score (nSPS) is 12.3. The number of halogens is 4. The Morgan fingerprint density at radius 3 is 2.29 bits per heavy atom. The molecule has 0 aliphatic carbocycles. The van der Waals surface area contributed by atoms with E-state index in [0.29, 0.717) is 16.9 Å². The first kappa shape index (κ1) is 22.3. The van der Waals surface area contributed by atoms with Gasteiger partial charge in [-0.05, 0) is 29.3 Å². The monoisotopic (exact) mass is 452 g/mol. The lowest BCUT2D eigenvalue weighted by atomic mass is 10.0. The van der Waals surface area contributed by atoms with Crippen LogP contribution in [-0.2, 0) is 4.79 Å². The molecule has 3 aromatic rings. The highest BCUT2D eigenvalue weighted by atomic mass is 32.1. The molecule has 1 atom stereocenters. The van der Waals surface area contributed by atoms with Gasteiger partial charge in [0.25, 0.3) is 5.91 Å². The lowest BCUT2D eigenvalue weighted by Crippen LogP contribution is -2.31. The first-order valence-electron chi connectivity index (χ1n) is 8.92. The molecule has 1 heterocycles. The number of alkyl halides is 3. The van der Waals surface area contributed by atoms with E-state index >= 15 is 0 Å². The number of nitrogens with two attached hydrogens (primary N) is 1. The van der Waals surface area contributed by atoms with Gasteiger partial charge < -0.3 is 15.8 Å². The SMILES string of the molecule is NC(=O)C[C@@H](NC(=O)c1cc(-c2ccc(OC(F)(F)F)cc2)c(F)s1)c1ccccc1. The Balaban J connectivity index is 1.79. The van der Waals surface area contributed by atoms with Crippen molar-refractivity contribution in [2.24, 2.45) is 5.73 Å². The van der Waals surface area contributed by atoms with Crippen molar-refractivity contribution in [2.75, 3.05) is 0 Å². The number of amides is 2. The largest absolute Gasteiger partial charge is 0.573 e. The Hall–Kier alpha value is -3.40. The van der Waals surface area contributed by atoms with Crippen molar-refractivity contribution in [3.05, 3.63) is 76.2 Å². The number of primary amides is 1. The Bertz CT molecular complexity index is 1070. The van der Waals surface area contributed by atoms with Gasteiger partial charge in [0.1, 0.15) is 5.75 Å². The van der Waals surface area contributed by atoms with E-state index in [1.54, 1.807) is 30.3 Å². The summed E-state index contributed by atoms with van der Waals surface area (Å²) in [6.45, 7) is 0. The fourth-order valence-electron chi connectivity index (χ4n) is 2.88. The van der Waals surface area contributed by atoms with E-state index < -0.39 is 35.1 Å². The number of hydrogen-bond donors (Lipinski definition) is 2. The molecule has 0 saturated carbocycles. The van der Waals surface area contributed by atoms with Crippen LogP contribution in [0, 0.1) is 5.13 Å². The average molecular weight is 452 g/mol. The highest BCUT2D eigenvalue weighted by Crippen LogP contribution is 2.32. The summed E-state index contributed by atoms with van der Waals surface area (Å²) in [6, 6.07) is 13.9. The van der Waals surface area contributed by atoms with Crippen LogP contribution < -0.4 is 15.8 Å². The van der Waals surface area contributed by atoms with E-state index in [1.807, 2.05) is 0 Å². The third-order valence-electron chi connectivity index (χ3n) is 4.22. The lowest BCUT2D eigenvalue weighted by molar-refractivity contribution is -0.274. The van der Waals surface area contributed by atoms with E-state index in [9.17, 15) is 27.2 Å². The zero-order valence-corrected chi connectivity index (χ0v) is 16.6. The van der Waals surface area contributed by atoms with Gasteiger partial charge in [-0.3, -0.25) is 9.59 Å². The molecule has 3 rings (SSSR count). The van der Waals surface area contributed by atoms with Gasteiger partial charge in [-0.15, -0.1) is 24.5 Å². The minimum atomic E-state index is -4.83. The maximum atomic E-state index is 14.5. The van der Waals surface area contributed by atoms with Crippen LogP contribution in [0.4, 0.5) is 17.6 Å². The zero-order chi connectivity index (χ0) is 22.6. The van der Waals surface area contributed by atoms with Crippen LogP contribution in [0.1, 0.15) is 27.7 Å². The Morgan fingerprint density at radius 1 is 1.06 bits per heavy atom. The van der Waals surface area contributed by atoms with Crippen LogP contribution >= 0.6 is 11.3 Å². The van der Waals surface area contributed by atoms with E-state index in [2.05, 4.69) is 10.1 Å². The molecule has 10 heteroatoms. The topological polar surface area (TPSA) is 81.4 Å². The molecule has 0 aliphatic rings. The molecule has 2 aromatic carbocycles. The summed E-state index contributed by atoms with van der Waals surface area (Å²) in [4.78, 5) is 24.1. The number of thiophene rings is 1. The summed E-state index contributed by atoms with van der Waals surface area (Å²) >= 11 is 0.581. The van der Waals surface area contributed by atoms with Crippen molar-refractivity contribution in [3.63, 3.8) is 0 Å². The molecule has 0 spiro atoms. The van der Waals surface area contributed by atoms with Crippen LogP contribution in [-0.4, -0.2) is 18.2 Å². The molecule has 0 bridgehead atoms. The predicted molar refractivity (Wildman–Crippen MR) is 107 cm³/mol. The third kappa shape index (κ3) is 6.05. The number of ether oxygens (including phenoxy) is 1. The molecule has 3 N–H and O–H groups in total.